The lowest BCUT2D eigenvalue weighted by atomic mass is 9.74. The zero-order valence-corrected chi connectivity index (χ0v) is 14.2. The molecule has 2 aromatic rings. The molecule has 0 atom stereocenters. The first-order valence-corrected chi connectivity index (χ1v) is 8.49. The van der Waals surface area contributed by atoms with Gasteiger partial charge in [0.1, 0.15) is 0 Å². The first-order valence-electron chi connectivity index (χ1n) is 8.12. The molecule has 0 aliphatic carbocycles. The topological polar surface area (TPSA) is 50.4 Å². The third-order valence-corrected chi connectivity index (χ3v) is 4.78. The summed E-state index contributed by atoms with van der Waals surface area (Å²) in [5.41, 5.74) is 1.90. The maximum absolute atomic E-state index is 12.2. The van der Waals surface area contributed by atoms with E-state index in [1.54, 1.807) is 24.3 Å². The van der Waals surface area contributed by atoms with Gasteiger partial charge in [-0.15, -0.1) is 0 Å². The summed E-state index contributed by atoms with van der Waals surface area (Å²) < 4.78 is 5.52. The second-order valence-corrected chi connectivity index (χ2v) is 6.51. The maximum atomic E-state index is 12.2. The zero-order valence-electron chi connectivity index (χ0n) is 13.4. The van der Waals surface area contributed by atoms with Crippen LogP contribution in [0, 0.1) is 0 Å². The average molecular weight is 345 g/mol. The summed E-state index contributed by atoms with van der Waals surface area (Å²) in [5, 5.41) is 6.50. The van der Waals surface area contributed by atoms with Crippen molar-refractivity contribution in [3.05, 3.63) is 65.2 Å². The van der Waals surface area contributed by atoms with E-state index >= 15 is 0 Å². The van der Waals surface area contributed by atoms with Crippen molar-refractivity contribution < 1.29 is 9.53 Å². The number of carbonyl (C=O) groups excluding carboxylic acids is 1. The second-order valence-electron chi connectivity index (χ2n) is 6.07. The summed E-state index contributed by atoms with van der Waals surface area (Å²) in [6, 6.07) is 17.2. The van der Waals surface area contributed by atoms with Crippen molar-refractivity contribution in [3.8, 4) is 0 Å². The van der Waals surface area contributed by atoms with Gasteiger partial charge in [0.15, 0.2) is 0 Å². The molecule has 0 spiro atoms. The van der Waals surface area contributed by atoms with Crippen LogP contribution in [0.5, 0.6) is 0 Å². The van der Waals surface area contributed by atoms with Gasteiger partial charge < -0.3 is 15.4 Å². The van der Waals surface area contributed by atoms with Gasteiger partial charge in [0.05, 0.1) is 0 Å². The smallest absolute Gasteiger partial charge is 0.319 e. The SMILES string of the molecule is O=C(NCC1(c2ccccc2)CCOCC1)Nc1ccc(Cl)cc1. The van der Waals surface area contributed by atoms with Crippen molar-refractivity contribution in [3.63, 3.8) is 0 Å². The molecule has 126 valence electrons. The van der Waals surface area contributed by atoms with Crippen molar-refractivity contribution in [2.45, 2.75) is 18.3 Å². The van der Waals surface area contributed by atoms with E-state index in [0.29, 0.717) is 11.6 Å². The summed E-state index contributed by atoms with van der Waals surface area (Å²) in [7, 11) is 0. The highest BCUT2D eigenvalue weighted by Crippen LogP contribution is 2.34. The molecule has 1 aliphatic heterocycles. The fourth-order valence-corrected chi connectivity index (χ4v) is 3.21. The predicted octanol–water partition coefficient (Wildman–Crippen LogP) is 4.21. The van der Waals surface area contributed by atoms with Crippen LogP contribution in [0.2, 0.25) is 5.02 Å². The third kappa shape index (κ3) is 4.08. The quantitative estimate of drug-likeness (QED) is 0.872. The Hall–Kier alpha value is -2.04. The number of nitrogens with one attached hydrogen (secondary N) is 2. The molecular weight excluding hydrogens is 324 g/mol. The highest BCUT2D eigenvalue weighted by atomic mass is 35.5. The van der Waals surface area contributed by atoms with Gasteiger partial charge >= 0.3 is 6.03 Å². The molecule has 2 amide bonds. The lowest BCUT2D eigenvalue weighted by Crippen LogP contribution is -2.45. The molecule has 24 heavy (non-hydrogen) atoms. The van der Waals surface area contributed by atoms with Crippen LogP contribution in [0.3, 0.4) is 0 Å². The van der Waals surface area contributed by atoms with E-state index in [9.17, 15) is 4.79 Å². The predicted molar refractivity (Wildman–Crippen MR) is 96.6 cm³/mol. The monoisotopic (exact) mass is 344 g/mol. The van der Waals surface area contributed by atoms with Crippen LogP contribution < -0.4 is 10.6 Å². The largest absolute Gasteiger partial charge is 0.381 e. The van der Waals surface area contributed by atoms with Gasteiger partial charge in [0.25, 0.3) is 0 Å². The molecule has 0 unspecified atom stereocenters. The van der Waals surface area contributed by atoms with Crippen molar-refractivity contribution in [1.82, 2.24) is 5.32 Å². The lowest BCUT2D eigenvalue weighted by molar-refractivity contribution is 0.0508. The van der Waals surface area contributed by atoms with E-state index in [1.165, 1.54) is 5.56 Å². The van der Waals surface area contributed by atoms with Gasteiger partial charge in [-0.3, -0.25) is 0 Å². The van der Waals surface area contributed by atoms with E-state index in [4.69, 9.17) is 16.3 Å². The number of hydrogen-bond donors (Lipinski definition) is 2. The number of ether oxygens (including phenoxy) is 1. The second kappa shape index (κ2) is 7.69. The Kier molecular flexibility index (Phi) is 5.38. The van der Waals surface area contributed by atoms with E-state index in [0.717, 1.165) is 31.7 Å². The van der Waals surface area contributed by atoms with Crippen LogP contribution in [0.1, 0.15) is 18.4 Å². The molecule has 3 rings (SSSR count). The number of halogens is 1. The minimum atomic E-state index is -0.209. The fourth-order valence-electron chi connectivity index (χ4n) is 3.08. The average Bonchev–Trinajstić information content (AvgIpc) is 2.63. The summed E-state index contributed by atoms with van der Waals surface area (Å²) in [4.78, 5) is 12.2. The van der Waals surface area contributed by atoms with Crippen LogP contribution in [0.25, 0.3) is 0 Å². The molecule has 2 aromatic carbocycles. The molecule has 1 aliphatic rings. The Balaban J connectivity index is 1.65. The van der Waals surface area contributed by atoms with Gasteiger partial charge in [0, 0.05) is 35.9 Å². The highest BCUT2D eigenvalue weighted by molar-refractivity contribution is 6.30. The van der Waals surface area contributed by atoms with Crippen LogP contribution >= 0.6 is 11.6 Å². The number of anilines is 1. The van der Waals surface area contributed by atoms with Crippen molar-refractivity contribution in [1.29, 1.82) is 0 Å². The van der Waals surface area contributed by atoms with E-state index in [2.05, 4.69) is 22.8 Å². The zero-order chi connectivity index (χ0) is 16.8. The van der Waals surface area contributed by atoms with Crippen LogP contribution in [0.4, 0.5) is 10.5 Å². The number of hydrogen-bond acceptors (Lipinski definition) is 2. The highest BCUT2D eigenvalue weighted by Gasteiger charge is 2.34. The molecule has 2 N–H and O–H groups in total. The Morgan fingerprint density at radius 3 is 2.38 bits per heavy atom. The molecule has 0 aromatic heterocycles. The Morgan fingerprint density at radius 2 is 1.71 bits per heavy atom. The number of urea groups is 1. The van der Waals surface area contributed by atoms with Gasteiger partial charge in [-0.25, -0.2) is 4.79 Å². The van der Waals surface area contributed by atoms with Gasteiger partial charge in [-0.1, -0.05) is 41.9 Å². The van der Waals surface area contributed by atoms with Crippen LogP contribution in [-0.2, 0) is 10.2 Å². The van der Waals surface area contributed by atoms with E-state index < -0.39 is 0 Å². The summed E-state index contributed by atoms with van der Waals surface area (Å²) >= 11 is 5.86. The number of rotatable bonds is 4. The Labute approximate surface area is 147 Å². The van der Waals surface area contributed by atoms with Crippen molar-refractivity contribution in [2.75, 3.05) is 25.1 Å². The molecule has 1 saturated heterocycles. The van der Waals surface area contributed by atoms with E-state index in [1.807, 2.05) is 18.2 Å². The number of amides is 2. The third-order valence-electron chi connectivity index (χ3n) is 4.53. The molecule has 1 heterocycles. The number of benzene rings is 2. The molecule has 5 heteroatoms. The van der Waals surface area contributed by atoms with Gasteiger partial charge in [-0.2, -0.15) is 0 Å². The Morgan fingerprint density at radius 1 is 1.04 bits per heavy atom. The molecule has 0 bridgehead atoms. The lowest BCUT2D eigenvalue weighted by Gasteiger charge is -2.38. The maximum Gasteiger partial charge on any atom is 0.319 e. The molecule has 0 radical (unpaired) electrons. The van der Waals surface area contributed by atoms with Gasteiger partial charge in [-0.05, 0) is 42.7 Å². The van der Waals surface area contributed by atoms with E-state index in [-0.39, 0.29) is 11.4 Å². The molecule has 4 nitrogen and oxygen atoms in total. The fraction of sp³-hybridized carbons (Fsp3) is 0.316. The van der Waals surface area contributed by atoms with Crippen molar-refractivity contribution >= 4 is 23.3 Å². The van der Waals surface area contributed by atoms with Crippen molar-refractivity contribution in [2.24, 2.45) is 0 Å². The summed E-state index contributed by atoms with van der Waals surface area (Å²) in [6.45, 7) is 2.02. The van der Waals surface area contributed by atoms with Crippen LogP contribution in [-0.4, -0.2) is 25.8 Å². The van der Waals surface area contributed by atoms with Crippen LogP contribution in [0.15, 0.2) is 54.6 Å². The first kappa shape index (κ1) is 16.8. The minimum absolute atomic E-state index is 0.0726. The first-order chi connectivity index (χ1) is 11.7. The minimum Gasteiger partial charge on any atom is -0.381 e. The Bertz CT molecular complexity index is 668. The van der Waals surface area contributed by atoms with Gasteiger partial charge in [0.2, 0.25) is 0 Å². The molecular formula is C19H21ClN2O2. The molecule has 0 saturated carbocycles. The normalized spacial score (nSPS) is 16.4. The summed E-state index contributed by atoms with van der Waals surface area (Å²) in [5.74, 6) is 0. The molecule has 1 fully saturated rings. The number of carbonyl (C=O) groups is 1. The summed E-state index contributed by atoms with van der Waals surface area (Å²) in [6.07, 6.45) is 1.80. The standard InChI is InChI=1S/C19H21ClN2O2/c20-16-6-8-17(9-7-16)22-18(23)21-14-19(10-12-24-13-11-19)15-4-2-1-3-5-15/h1-9H,10-14H2,(H2,21,22,23).